The Hall–Kier alpha value is -3.55. The Morgan fingerprint density at radius 3 is 2.80 bits per heavy atom. The number of carbonyl (C=O) groups excluding carboxylic acids is 1. The summed E-state index contributed by atoms with van der Waals surface area (Å²) in [5.41, 5.74) is 1.45. The predicted octanol–water partition coefficient (Wildman–Crippen LogP) is 2.40. The first-order chi connectivity index (χ1) is 12.0. The molecule has 1 amide bonds. The highest BCUT2D eigenvalue weighted by molar-refractivity contribution is 5.91. The molecule has 0 saturated carbocycles. The van der Waals surface area contributed by atoms with E-state index in [0.717, 1.165) is 0 Å². The molecule has 0 spiro atoms. The number of anilines is 1. The summed E-state index contributed by atoms with van der Waals surface area (Å²) >= 11 is 0. The van der Waals surface area contributed by atoms with Gasteiger partial charge in [0.15, 0.2) is 0 Å². The van der Waals surface area contributed by atoms with Gasteiger partial charge in [-0.15, -0.1) is 0 Å². The van der Waals surface area contributed by atoms with Crippen LogP contribution in [0.25, 0.3) is 11.0 Å². The standard InChI is InChI=1S/C17H14N4O4/c22-16(18-11-4-3-5-12(10-11)21(24)25)9-8-15-17(23)20-14-7-2-1-6-13(14)19-15/h1-7,10H,8-9H2,(H,18,22)(H,20,23). The van der Waals surface area contributed by atoms with E-state index >= 15 is 0 Å². The van der Waals surface area contributed by atoms with Crippen LogP contribution in [0.3, 0.4) is 0 Å². The topological polar surface area (TPSA) is 118 Å². The second-order valence-corrected chi connectivity index (χ2v) is 5.39. The van der Waals surface area contributed by atoms with Gasteiger partial charge in [-0.1, -0.05) is 18.2 Å². The summed E-state index contributed by atoms with van der Waals surface area (Å²) in [4.78, 5) is 41.2. The number of non-ortho nitro benzene ring substituents is 1. The number of hydrogen-bond acceptors (Lipinski definition) is 5. The molecule has 126 valence electrons. The number of H-pyrrole nitrogens is 1. The van der Waals surface area contributed by atoms with E-state index < -0.39 is 4.92 Å². The van der Waals surface area contributed by atoms with Gasteiger partial charge in [-0.05, 0) is 18.2 Å². The molecular weight excluding hydrogens is 324 g/mol. The van der Waals surface area contributed by atoms with Gasteiger partial charge < -0.3 is 10.3 Å². The maximum Gasteiger partial charge on any atom is 0.271 e. The number of nitrogens with zero attached hydrogens (tertiary/aromatic N) is 2. The van der Waals surface area contributed by atoms with Crippen LogP contribution in [0.5, 0.6) is 0 Å². The normalized spacial score (nSPS) is 10.6. The smallest absolute Gasteiger partial charge is 0.271 e. The fraction of sp³-hybridized carbons (Fsp3) is 0.118. The largest absolute Gasteiger partial charge is 0.326 e. The van der Waals surface area contributed by atoms with Gasteiger partial charge in [0.25, 0.3) is 11.2 Å². The van der Waals surface area contributed by atoms with E-state index in [-0.39, 0.29) is 35.7 Å². The van der Waals surface area contributed by atoms with Crippen LogP contribution in [0.4, 0.5) is 11.4 Å². The average Bonchev–Trinajstić information content (AvgIpc) is 2.60. The summed E-state index contributed by atoms with van der Waals surface area (Å²) < 4.78 is 0. The molecule has 0 unspecified atom stereocenters. The molecule has 8 heteroatoms. The molecule has 0 saturated heterocycles. The molecule has 0 radical (unpaired) electrons. The minimum absolute atomic E-state index is 0.0388. The Morgan fingerprint density at radius 1 is 1.20 bits per heavy atom. The van der Waals surface area contributed by atoms with Crippen LogP contribution >= 0.6 is 0 Å². The van der Waals surface area contributed by atoms with E-state index in [9.17, 15) is 19.7 Å². The molecule has 3 rings (SSSR count). The van der Waals surface area contributed by atoms with Crippen molar-refractivity contribution in [3.8, 4) is 0 Å². The van der Waals surface area contributed by atoms with Gasteiger partial charge in [-0.2, -0.15) is 0 Å². The Balaban J connectivity index is 1.68. The third kappa shape index (κ3) is 3.86. The lowest BCUT2D eigenvalue weighted by Gasteiger charge is -2.05. The third-order valence-electron chi connectivity index (χ3n) is 3.60. The number of fused-ring (bicyclic) bond motifs is 1. The molecule has 0 aliphatic heterocycles. The fourth-order valence-corrected chi connectivity index (χ4v) is 2.39. The first kappa shape index (κ1) is 16.3. The number of carbonyl (C=O) groups is 1. The zero-order valence-corrected chi connectivity index (χ0v) is 13.1. The van der Waals surface area contributed by atoms with Gasteiger partial charge in [0.1, 0.15) is 5.69 Å². The van der Waals surface area contributed by atoms with E-state index in [1.165, 1.54) is 18.2 Å². The molecule has 3 aromatic rings. The van der Waals surface area contributed by atoms with Crippen molar-refractivity contribution < 1.29 is 9.72 Å². The van der Waals surface area contributed by atoms with Crippen LogP contribution in [-0.4, -0.2) is 20.8 Å². The van der Waals surface area contributed by atoms with Crippen LogP contribution in [0.15, 0.2) is 53.3 Å². The molecule has 1 aromatic heterocycles. The molecule has 25 heavy (non-hydrogen) atoms. The molecule has 2 N–H and O–H groups in total. The maximum absolute atomic E-state index is 12.0. The SMILES string of the molecule is O=C(CCc1nc2ccccc2[nH]c1=O)Nc1cccc([N+](=O)[O-])c1. The third-order valence-corrected chi connectivity index (χ3v) is 3.60. The number of aryl methyl sites for hydroxylation is 1. The second kappa shape index (κ2) is 6.91. The quantitative estimate of drug-likeness (QED) is 0.547. The highest BCUT2D eigenvalue weighted by Gasteiger charge is 2.10. The molecule has 8 nitrogen and oxygen atoms in total. The molecule has 0 aliphatic carbocycles. The van der Waals surface area contributed by atoms with Crippen molar-refractivity contribution in [1.29, 1.82) is 0 Å². The van der Waals surface area contributed by atoms with E-state index in [0.29, 0.717) is 16.7 Å². The number of amides is 1. The van der Waals surface area contributed by atoms with Gasteiger partial charge in [-0.3, -0.25) is 19.7 Å². The second-order valence-electron chi connectivity index (χ2n) is 5.39. The number of benzene rings is 2. The number of hydrogen-bond donors (Lipinski definition) is 2. The Bertz CT molecular complexity index is 1010. The van der Waals surface area contributed by atoms with Crippen LogP contribution < -0.4 is 10.9 Å². The van der Waals surface area contributed by atoms with Gasteiger partial charge in [0.05, 0.1) is 16.0 Å². The molecule has 0 bridgehead atoms. The predicted molar refractivity (Wildman–Crippen MR) is 92.4 cm³/mol. The highest BCUT2D eigenvalue weighted by atomic mass is 16.6. The number of nitrogens with one attached hydrogen (secondary N) is 2. The van der Waals surface area contributed by atoms with Gasteiger partial charge in [0.2, 0.25) is 5.91 Å². The Morgan fingerprint density at radius 2 is 2.00 bits per heavy atom. The zero-order valence-electron chi connectivity index (χ0n) is 13.1. The lowest BCUT2D eigenvalue weighted by atomic mass is 10.2. The number of aromatic amines is 1. The van der Waals surface area contributed by atoms with Gasteiger partial charge in [-0.25, -0.2) is 4.98 Å². The van der Waals surface area contributed by atoms with Crippen molar-refractivity contribution in [1.82, 2.24) is 9.97 Å². The van der Waals surface area contributed by atoms with Crippen LogP contribution in [0.2, 0.25) is 0 Å². The molecular formula is C17H14N4O4. The molecule has 0 fully saturated rings. The van der Waals surface area contributed by atoms with Crippen molar-refractivity contribution in [2.45, 2.75) is 12.8 Å². The van der Waals surface area contributed by atoms with E-state index in [4.69, 9.17) is 0 Å². The number of rotatable bonds is 5. The molecule has 2 aromatic carbocycles. The van der Waals surface area contributed by atoms with Crippen molar-refractivity contribution >= 4 is 28.3 Å². The minimum atomic E-state index is -0.534. The summed E-state index contributed by atoms with van der Waals surface area (Å²) in [6.07, 6.45) is 0.206. The van der Waals surface area contributed by atoms with E-state index in [1.807, 2.05) is 6.07 Å². The lowest BCUT2D eigenvalue weighted by molar-refractivity contribution is -0.384. The van der Waals surface area contributed by atoms with Crippen molar-refractivity contribution in [3.63, 3.8) is 0 Å². The van der Waals surface area contributed by atoms with E-state index in [2.05, 4.69) is 15.3 Å². The van der Waals surface area contributed by atoms with Crippen molar-refractivity contribution in [3.05, 3.63) is 74.7 Å². The van der Waals surface area contributed by atoms with Crippen LogP contribution in [-0.2, 0) is 11.2 Å². The first-order valence-electron chi connectivity index (χ1n) is 7.55. The van der Waals surface area contributed by atoms with Crippen LogP contribution in [0.1, 0.15) is 12.1 Å². The fourth-order valence-electron chi connectivity index (χ4n) is 2.39. The monoisotopic (exact) mass is 338 g/mol. The lowest BCUT2D eigenvalue weighted by Crippen LogP contribution is -2.19. The van der Waals surface area contributed by atoms with Gasteiger partial charge in [0, 0.05) is 30.7 Å². The Kier molecular flexibility index (Phi) is 4.51. The minimum Gasteiger partial charge on any atom is -0.326 e. The molecule has 0 aliphatic rings. The van der Waals surface area contributed by atoms with Crippen LogP contribution in [0, 0.1) is 10.1 Å². The first-order valence-corrected chi connectivity index (χ1v) is 7.55. The summed E-state index contributed by atoms with van der Waals surface area (Å²) in [6.45, 7) is 0. The Labute approximate surface area is 141 Å². The zero-order chi connectivity index (χ0) is 17.8. The summed E-state index contributed by atoms with van der Waals surface area (Å²) in [7, 11) is 0. The summed E-state index contributed by atoms with van der Waals surface area (Å²) in [5.74, 6) is -0.352. The van der Waals surface area contributed by atoms with Gasteiger partial charge >= 0.3 is 0 Å². The highest BCUT2D eigenvalue weighted by Crippen LogP contribution is 2.17. The number of para-hydroxylation sites is 2. The molecule has 0 atom stereocenters. The van der Waals surface area contributed by atoms with Crippen molar-refractivity contribution in [2.24, 2.45) is 0 Å². The number of nitro groups is 1. The molecule has 1 heterocycles. The van der Waals surface area contributed by atoms with Crippen molar-refractivity contribution in [2.75, 3.05) is 5.32 Å². The number of nitro benzene ring substituents is 1. The maximum atomic E-state index is 12.0. The number of aromatic nitrogens is 2. The average molecular weight is 338 g/mol. The summed E-state index contributed by atoms with van der Waals surface area (Å²) in [5, 5.41) is 13.3. The van der Waals surface area contributed by atoms with E-state index in [1.54, 1.807) is 24.3 Å². The summed E-state index contributed by atoms with van der Waals surface area (Å²) in [6, 6.07) is 12.8.